The maximum absolute atomic E-state index is 12.6. The normalized spacial score (nSPS) is 10.6. The lowest BCUT2D eigenvalue weighted by Gasteiger charge is -2.14. The largest absolute Gasteiger partial charge is 0.493 e. The van der Waals surface area contributed by atoms with Crippen LogP contribution in [0.4, 0.5) is 14.5 Å². The van der Waals surface area contributed by atoms with Gasteiger partial charge in [0.15, 0.2) is 23.0 Å². The molecule has 2 aromatic rings. The number of anilines is 1. The number of alkyl halides is 2. The van der Waals surface area contributed by atoms with Gasteiger partial charge in [-0.2, -0.15) is 8.78 Å². The molecular weight excluding hydrogens is 384 g/mol. The fraction of sp³-hybridized carbons (Fsp3) is 0.381. The van der Waals surface area contributed by atoms with E-state index in [1.165, 1.54) is 25.3 Å². The van der Waals surface area contributed by atoms with Gasteiger partial charge in [-0.3, -0.25) is 4.79 Å². The predicted molar refractivity (Wildman–Crippen MR) is 106 cm³/mol. The van der Waals surface area contributed by atoms with E-state index in [4.69, 9.17) is 14.2 Å². The SMILES string of the molecule is CCCOc1ccc(NC(=O)c2ccc(OC(F)F)c(OC)c2)cc1OCCC. The summed E-state index contributed by atoms with van der Waals surface area (Å²) in [7, 11) is 1.31. The number of rotatable bonds is 11. The van der Waals surface area contributed by atoms with Crippen LogP contribution in [-0.4, -0.2) is 32.8 Å². The number of hydrogen-bond donors (Lipinski definition) is 1. The van der Waals surface area contributed by atoms with E-state index in [0.29, 0.717) is 30.4 Å². The first-order chi connectivity index (χ1) is 14.0. The molecule has 0 unspecified atom stereocenters. The molecule has 158 valence electrons. The van der Waals surface area contributed by atoms with Gasteiger partial charge in [-0.15, -0.1) is 0 Å². The van der Waals surface area contributed by atoms with Crippen LogP contribution in [0.15, 0.2) is 36.4 Å². The Morgan fingerprint density at radius 3 is 2.21 bits per heavy atom. The highest BCUT2D eigenvalue weighted by atomic mass is 19.3. The topological polar surface area (TPSA) is 66.0 Å². The summed E-state index contributed by atoms with van der Waals surface area (Å²) in [4.78, 5) is 12.6. The van der Waals surface area contributed by atoms with Crippen molar-refractivity contribution in [3.63, 3.8) is 0 Å². The minimum Gasteiger partial charge on any atom is -0.493 e. The van der Waals surface area contributed by atoms with Crippen molar-refractivity contribution in [2.45, 2.75) is 33.3 Å². The first-order valence-electron chi connectivity index (χ1n) is 9.32. The van der Waals surface area contributed by atoms with Gasteiger partial charge in [0.25, 0.3) is 5.91 Å². The van der Waals surface area contributed by atoms with Crippen LogP contribution in [0.5, 0.6) is 23.0 Å². The first-order valence-corrected chi connectivity index (χ1v) is 9.32. The summed E-state index contributed by atoms with van der Waals surface area (Å²) in [6.45, 7) is 2.09. The Morgan fingerprint density at radius 2 is 1.59 bits per heavy atom. The Hall–Kier alpha value is -3.03. The number of benzene rings is 2. The number of carbonyl (C=O) groups is 1. The Kier molecular flexibility index (Phi) is 8.51. The standard InChI is InChI=1S/C21H25F2NO5/c1-4-10-27-16-9-7-15(13-19(16)28-11-5-2)24-20(25)14-6-8-17(29-21(22)23)18(12-14)26-3/h6-9,12-13,21H,4-5,10-11H2,1-3H3,(H,24,25). The number of carbonyl (C=O) groups excluding carboxylic acids is 1. The van der Waals surface area contributed by atoms with Gasteiger partial charge in [0.2, 0.25) is 0 Å². The van der Waals surface area contributed by atoms with Gasteiger partial charge in [-0.25, -0.2) is 0 Å². The van der Waals surface area contributed by atoms with E-state index in [1.807, 2.05) is 13.8 Å². The van der Waals surface area contributed by atoms with Crippen molar-refractivity contribution in [2.75, 3.05) is 25.6 Å². The average molecular weight is 409 g/mol. The smallest absolute Gasteiger partial charge is 0.387 e. The number of ether oxygens (including phenoxy) is 4. The molecule has 8 heteroatoms. The Bertz CT molecular complexity index is 814. The molecule has 1 amide bonds. The second-order valence-corrected chi connectivity index (χ2v) is 6.06. The van der Waals surface area contributed by atoms with E-state index >= 15 is 0 Å². The van der Waals surface area contributed by atoms with Crippen molar-refractivity contribution in [3.8, 4) is 23.0 Å². The number of amides is 1. The molecule has 29 heavy (non-hydrogen) atoms. The van der Waals surface area contributed by atoms with Crippen LogP contribution in [0.3, 0.4) is 0 Å². The number of methoxy groups -OCH3 is 1. The molecule has 0 aromatic heterocycles. The highest BCUT2D eigenvalue weighted by Crippen LogP contribution is 2.32. The van der Waals surface area contributed by atoms with Gasteiger partial charge in [-0.1, -0.05) is 13.8 Å². The van der Waals surface area contributed by atoms with Gasteiger partial charge in [0.05, 0.1) is 20.3 Å². The van der Waals surface area contributed by atoms with E-state index in [9.17, 15) is 13.6 Å². The van der Waals surface area contributed by atoms with Crippen LogP contribution in [0.2, 0.25) is 0 Å². The molecule has 0 heterocycles. The predicted octanol–water partition coefficient (Wildman–Crippen LogP) is 5.13. The lowest BCUT2D eigenvalue weighted by molar-refractivity contribution is -0.0512. The lowest BCUT2D eigenvalue weighted by atomic mass is 10.1. The van der Waals surface area contributed by atoms with Crippen LogP contribution in [0, 0.1) is 0 Å². The van der Waals surface area contributed by atoms with Gasteiger partial charge in [0, 0.05) is 17.3 Å². The van der Waals surface area contributed by atoms with Crippen LogP contribution < -0.4 is 24.3 Å². The van der Waals surface area contributed by atoms with Crippen LogP contribution in [0.1, 0.15) is 37.0 Å². The summed E-state index contributed by atoms with van der Waals surface area (Å²) in [6, 6.07) is 9.09. The van der Waals surface area contributed by atoms with Crippen LogP contribution in [-0.2, 0) is 0 Å². The lowest BCUT2D eigenvalue weighted by Crippen LogP contribution is -2.13. The molecule has 2 aromatic carbocycles. The molecule has 2 rings (SSSR count). The van der Waals surface area contributed by atoms with Crippen molar-refractivity contribution < 1.29 is 32.5 Å². The monoisotopic (exact) mass is 409 g/mol. The highest BCUT2D eigenvalue weighted by molar-refractivity contribution is 6.04. The zero-order valence-corrected chi connectivity index (χ0v) is 16.7. The second kappa shape index (κ2) is 11.1. The van der Waals surface area contributed by atoms with Crippen molar-refractivity contribution in [1.82, 2.24) is 0 Å². The van der Waals surface area contributed by atoms with Crippen molar-refractivity contribution in [1.29, 1.82) is 0 Å². The van der Waals surface area contributed by atoms with Crippen molar-refractivity contribution in [3.05, 3.63) is 42.0 Å². The summed E-state index contributed by atoms with van der Waals surface area (Å²) in [5, 5.41) is 2.75. The zero-order chi connectivity index (χ0) is 21.2. The third-order valence-electron chi connectivity index (χ3n) is 3.77. The zero-order valence-electron chi connectivity index (χ0n) is 16.7. The van der Waals surface area contributed by atoms with Crippen LogP contribution >= 0.6 is 0 Å². The minimum absolute atomic E-state index is 0.0354. The number of hydrogen-bond acceptors (Lipinski definition) is 5. The molecule has 0 saturated carbocycles. The van der Waals surface area contributed by atoms with Gasteiger partial charge in [-0.05, 0) is 43.2 Å². The molecular formula is C21H25F2NO5. The average Bonchev–Trinajstić information content (AvgIpc) is 2.71. The van der Waals surface area contributed by atoms with E-state index in [2.05, 4.69) is 10.1 Å². The van der Waals surface area contributed by atoms with Crippen molar-refractivity contribution in [2.24, 2.45) is 0 Å². The molecule has 0 bridgehead atoms. The molecule has 0 fully saturated rings. The van der Waals surface area contributed by atoms with Crippen LogP contribution in [0.25, 0.3) is 0 Å². The Morgan fingerprint density at radius 1 is 0.931 bits per heavy atom. The van der Waals surface area contributed by atoms with Gasteiger partial charge in [0.1, 0.15) is 0 Å². The van der Waals surface area contributed by atoms with E-state index < -0.39 is 12.5 Å². The molecule has 0 atom stereocenters. The second-order valence-electron chi connectivity index (χ2n) is 6.06. The fourth-order valence-corrected chi connectivity index (χ4v) is 2.45. The molecule has 1 N–H and O–H groups in total. The van der Waals surface area contributed by atoms with E-state index in [0.717, 1.165) is 12.8 Å². The Labute approximate surface area is 168 Å². The molecule has 0 aliphatic carbocycles. The maximum Gasteiger partial charge on any atom is 0.387 e. The maximum atomic E-state index is 12.6. The third-order valence-corrected chi connectivity index (χ3v) is 3.77. The van der Waals surface area contributed by atoms with Gasteiger partial charge >= 0.3 is 6.61 Å². The summed E-state index contributed by atoms with van der Waals surface area (Å²) >= 11 is 0. The molecule has 0 aliphatic heterocycles. The number of halogens is 2. The molecule has 0 spiro atoms. The van der Waals surface area contributed by atoms with E-state index in [1.54, 1.807) is 18.2 Å². The van der Waals surface area contributed by atoms with Crippen molar-refractivity contribution >= 4 is 11.6 Å². The molecule has 0 saturated heterocycles. The quantitative estimate of drug-likeness (QED) is 0.558. The molecule has 0 aliphatic rings. The minimum atomic E-state index is -2.99. The summed E-state index contributed by atoms with van der Waals surface area (Å²) in [5.74, 6) is 0.598. The summed E-state index contributed by atoms with van der Waals surface area (Å²) in [5.41, 5.74) is 0.739. The number of nitrogens with one attached hydrogen (secondary N) is 1. The molecule has 6 nitrogen and oxygen atoms in total. The summed E-state index contributed by atoms with van der Waals surface area (Å²) in [6.07, 6.45) is 1.69. The highest BCUT2D eigenvalue weighted by Gasteiger charge is 2.15. The van der Waals surface area contributed by atoms with Gasteiger partial charge < -0.3 is 24.3 Å². The Balaban J connectivity index is 2.18. The summed E-state index contributed by atoms with van der Waals surface area (Å²) < 4.78 is 45.7. The molecule has 0 radical (unpaired) electrons. The van der Waals surface area contributed by atoms with E-state index in [-0.39, 0.29) is 17.1 Å². The fourth-order valence-electron chi connectivity index (χ4n) is 2.45. The third kappa shape index (κ3) is 6.51. The first kappa shape index (κ1) is 22.3.